The summed E-state index contributed by atoms with van der Waals surface area (Å²) in [5.41, 5.74) is -0.113. The first-order valence-corrected chi connectivity index (χ1v) is 10.3. The Morgan fingerprint density at radius 3 is 2.63 bits per heavy atom. The number of piperidine rings is 1. The van der Waals surface area contributed by atoms with E-state index in [2.05, 4.69) is 22.8 Å². The number of nitrogens with zero attached hydrogens (tertiary/aromatic N) is 1. The maximum absolute atomic E-state index is 12.8. The van der Waals surface area contributed by atoms with Crippen molar-refractivity contribution in [3.8, 4) is 0 Å². The molecular formula is C23H23N3O4. The highest BCUT2D eigenvalue weighted by atomic mass is 16.3. The normalized spacial score (nSPS) is 22.5. The number of hydrogen-bond acceptors (Lipinski definition) is 4. The monoisotopic (exact) mass is 405 g/mol. The fourth-order valence-corrected chi connectivity index (χ4v) is 4.74. The van der Waals surface area contributed by atoms with Crippen molar-refractivity contribution in [2.45, 2.75) is 31.7 Å². The van der Waals surface area contributed by atoms with Crippen LogP contribution in [0.25, 0.3) is 21.7 Å². The van der Waals surface area contributed by atoms with E-state index in [1.807, 2.05) is 35.2 Å². The van der Waals surface area contributed by atoms with E-state index in [-0.39, 0.29) is 24.2 Å². The molecule has 1 atom stereocenters. The Balaban J connectivity index is 1.27. The molecule has 2 aliphatic heterocycles. The van der Waals surface area contributed by atoms with Gasteiger partial charge in [0.2, 0.25) is 5.91 Å². The van der Waals surface area contributed by atoms with Crippen LogP contribution in [-0.4, -0.2) is 41.4 Å². The van der Waals surface area contributed by atoms with Crippen LogP contribution in [0.2, 0.25) is 0 Å². The fourth-order valence-electron chi connectivity index (χ4n) is 4.74. The molecule has 0 saturated carbocycles. The Morgan fingerprint density at radius 1 is 1.13 bits per heavy atom. The molecule has 4 amide bonds. The second kappa shape index (κ2) is 6.86. The summed E-state index contributed by atoms with van der Waals surface area (Å²) in [7, 11) is 0. The van der Waals surface area contributed by atoms with Crippen molar-refractivity contribution in [1.29, 1.82) is 0 Å². The molecule has 2 aliphatic rings. The summed E-state index contributed by atoms with van der Waals surface area (Å²) in [5.74, 6) is 0.391. The van der Waals surface area contributed by atoms with Gasteiger partial charge in [-0.3, -0.25) is 14.9 Å². The van der Waals surface area contributed by atoms with E-state index in [4.69, 9.17) is 4.42 Å². The number of amides is 4. The number of nitrogens with one attached hydrogen (secondary N) is 2. The fraction of sp³-hybridized carbons (Fsp3) is 0.348. The van der Waals surface area contributed by atoms with E-state index in [0.717, 1.165) is 21.7 Å². The zero-order chi connectivity index (χ0) is 20.9. The van der Waals surface area contributed by atoms with Crippen molar-refractivity contribution < 1.29 is 18.8 Å². The first kappa shape index (κ1) is 18.7. The lowest BCUT2D eigenvalue weighted by Crippen LogP contribution is -2.54. The van der Waals surface area contributed by atoms with Crippen LogP contribution in [-0.2, 0) is 16.0 Å². The first-order valence-electron chi connectivity index (χ1n) is 10.3. The van der Waals surface area contributed by atoms with E-state index in [1.54, 1.807) is 6.92 Å². The molecule has 3 aromatic rings. The summed E-state index contributed by atoms with van der Waals surface area (Å²) in [4.78, 5) is 38.3. The van der Waals surface area contributed by atoms with Crippen molar-refractivity contribution >= 4 is 39.6 Å². The highest BCUT2D eigenvalue weighted by Gasteiger charge is 2.48. The van der Waals surface area contributed by atoms with E-state index in [9.17, 15) is 14.4 Å². The number of furan rings is 1. The third-order valence-corrected chi connectivity index (χ3v) is 6.54. The van der Waals surface area contributed by atoms with Gasteiger partial charge in [0.1, 0.15) is 16.9 Å². The van der Waals surface area contributed by atoms with Gasteiger partial charge < -0.3 is 14.6 Å². The number of hydrogen-bond donors (Lipinski definition) is 2. The number of carbonyl (C=O) groups excluding carboxylic acids is 3. The van der Waals surface area contributed by atoms with Crippen LogP contribution in [0.1, 0.15) is 25.5 Å². The molecule has 154 valence electrons. The van der Waals surface area contributed by atoms with Crippen molar-refractivity contribution in [1.82, 2.24) is 15.5 Å². The Bertz CT molecular complexity index is 1180. The zero-order valence-corrected chi connectivity index (χ0v) is 16.7. The highest BCUT2D eigenvalue weighted by Crippen LogP contribution is 2.32. The molecule has 0 spiro atoms. The molecule has 7 heteroatoms. The van der Waals surface area contributed by atoms with Crippen LogP contribution in [0.3, 0.4) is 0 Å². The molecule has 2 saturated heterocycles. The van der Waals surface area contributed by atoms with Crippen molar-refractivity contribution in [2.75, 3.05) is 13.1 Å². The quantitative estimate of drug-likeness (QED) is 0.656. The van der Waals surface area contributed by atoms with Crippen LogP contribution < -0.4 is 10.6 Å². The van der Waals surface area contributed by atoms with Gasteiger partial charge in [0.15, 0.2) is 0 Å². The van der Waals surface area contributed by atoms with E-state index < -0.39 is 11.6 Å². The van der Waals surface area contributed by atoms with Crippen molar-refractivity contribution in [3.05, 3.63) is 48.2 Å². The predicted octanol–water partition coefficient (Wildman–Crippen LogP) is 2.97. The summed E-state index contributed by atoms with van der Waals surface area (Å²) in [6.07, 6.45) is 1.55. The Morgan fingerprint density at radius 2 is 1.90 bits per heavy atom. The van der Waals surface area contributed by atoms with Gasteiger partial charge >= 0.3 is 6.03 Å². The SMILES string of the molecule is CC1(C2CCN(C(=O)Cc3cc4c(ccc5ccccc54)o3)CC2)NC(=O)NC1=O. The molecule has 2 aromatic carbocycles. The van der Waals surface area contributed by atoms with Crippen molar-refractivity contribution in [2.24, 2.45) is 5.92 Å². The van der Waals surface area contributed by atoms with Crippen LogP contribution >= 0.6 is 0 Å². The molecule has 5 rings (SSSR count). The van der Waals surface area contributed by atoms with Crippen LogP contribution in [0.4, 0.5) is 4.79 Å². The third-order valence-electron chi connectivity index (χ3n) is 6.54. The number of rotatable bonds is 3. The van der Waals surface area contributed by atoms with Crippen LogP contribution in [0.5, 0.6) is 0 Å². The number of urea groups is 1. The molecule has 30 heavy (non-hydrogen) atoms. The van der Waals surface area contributed by atoms with Gasteiger partial charge in [-0.1, -0.05) is 30.3 Å². The number of carbonyl (C=O) groups is 3. The van der Waals surface area contributed by atoms with E-state index >= 15 is 0 Å². The summed E-state index contributed by atoms with van der Waals surface area (Å²) < 4.78 is 5.93. The largest absolute Gasteiger partial charge is 0.461 e. The summed E-state index contributed by atoms with van der Waals surface area (Å²) in [6.45, 7) is 2.88. The van der Waals surface area contributed by atoms with Crippen LogP contribution in [0.15, 0.2) is 46.9 Å². The lowest BCUT2D eigenvalue weighted by molar-refractivity contribution is -0.133. The zero-order valence-electron chi connectivity index (χ0n) is 16.7. The van der Waals surface area contributed by atoms with Gasteiger partial charge in [-0.2, -0.15) is 0 Å². The highest BCUT2D eigenvalue weighted by molar-refractivity contribution is 6.07. The Hall–Kier alpha value is -3.35. The molecule has 3 heterocycles. The van der Waals surface area contributed by atoms with Gasteiger partial charge in [-0.15, -0.1) is 0 Å². The predicted molar refractivity (Wildman–Crippen MR) is 112 cm³/mol. The molecule has 1 aromatic heterocycles. The molecule has 0 bridgehead atoms. The van der Waals surface area contributed by atoms with Gasteiger partial charge in [0, 0.05) is 18.5 Å². The topological polar surface area (TPSA) is 91.7 Å². The van der Waals surface area contributed by atoms with Crippen molar-refractivity contribution in [3.63, 3.8) is 0 Å². The summed E-state index contributed by atoms with van der Waals surface area (Å²) in [6, 6.07) is 13.6. The lowest BCUT2D eigenvalue weighted by atomic mass is 9.79. The van der Waals surface area contributed by atoms with E-state index in [1.165, 1.54) is 0 Å². The second-order valence-corrected chi connectivity index (χ2v) is 8.35. The maximum Gasteiger partial charge on any atom is 0.322 e. The minimum atomic E-state index is -0.897. The minimum absolute atomic E-state index is 0.00515. The summed E-state index contributed by atoms with van der Waals surface area (Å²) in [5, 5.41) is 8.33. The summed E-state index contributed by atoms with van der Waals surface area (Å²) >= 11 is 0. The number of imide groups is 1. The average Bonchev–Trinajstić information content (AvgIpc) is 3.28. The molecule has 2 N–H and O–H groups in total. The van der Waals surface area contributed by atoms with Gasteiger partial charge in [0.05, 0.1) is 6.42 Å². The van der Waals surface area contributed by atoms with E-state index in [0.29, 0.717) is 31.7 Å². The smallest absolute Gasteiger partial charge is 0.322 e. The average molecular weight is 405 g/mol. The Kier molecular flexibility index (Phi) is 4.27. The standard InChI is InChI=1S/C23H23N3O4/c1-23(21(28)24-22(29)25-23)15-8-10-26(11-9-15)20(27)13-16-12-18-17-5-3-2-4-14(17)6-7-19(18)30-16/h2-7,12,15H,8-11,13H2,1H3,(H2,24,25,28,29). The molecule has 7 nitrogen and oxygen atoms in total. The number of benzene rings is 2. The van der Waals surface area contributed by atoms with Gasteiger partial charge in [-0.25, -0.2) is 4.79 Å². The number of likely N-dealkylation sites (tertiary alicyclic amines) is 1. The third kappa shape index (κ3) is 3.01. The molecule has 1 unspecified atom stereocenters. The van der Waals surface area contributed by atoms with Crippen LogP contribution in [0, 0.1) is 5.92 Å². The first-order chi connectivity index (χ1) is 14.4. The molecular weight excluding hydrogens is 382 g/mol. The molecule has 2 fully saturated rings. The Labute approximate surface area is 173 Å². The molecule has 0 radical (unpaired) electrons. The second-order valence-electron chi connectivity index (χ2n) is 8.35. The minimum Gasteiger partial charge on any atom is -0.461 e. The lowest BCUT2D eigenvalue weighted by Gasteiger charge is -2.38. The van der Waals surface area contributed by atoms with Gasteiger partial charge in [0.25, 0.3) is 5.91 Å². The molecule has 0 aliphatic carbocycles. The maximum atomic E-state index is 12.8. The number of fused-ring (bicyclic) bond motifs is 3. The van der Waals surface area contributed by atoms with Gasteiger partial charge in [-0.05, 0) is 48.6 Å².